The Morgan fingerprint density at radius 3 is 2.33 bits per heavy atom. The standard InChI is InChI=1S/C10H22N2/c1-10(2)8-9(11(3)4)6-7-12(10)5/h9H,6-8H2,1-5H3/p+1. The molecular weight excluding hydrogens is 148 g/mol. The molecule has 1 heterocycles. The summed E-state index contributed by atoms with van der Waals surface area (Å²) in [7, 11) is 6.78. The number of quaternary nitrogens is 1. The zero-order valence-electron chi connectivity index (χ0n) is 9.15. The minimum Gasteiger partial charge on any atom is -0.337 e. The van der Waals surface area contributed by atoms with Crippen molar-refractivity contribution in [2.45, 2.75) is 38.3 Å². The number of nitrogens with zero attached hydrogens (tertiary/aromatic N) is 1. The quantitative estimate of drug-likeness (QED) is 0.584. The first-order valence-corrected chi connectivity index (χ1v) is 4.95. The fourth-order valence-corrected chi connectivity index (χ4v) is 2.01. The molecule has 0 aliphatic carbocycles. The molecule has 1 atom stereocenters. The van der Waals surface area contributed by atoms with Gasteiger partial charge >= 0.3 is 0 Å². The Bertz CT molecular complexity index is 152. The zero-order chi connectivity index (χ0) is 9.35. The van der Waals surface area contributed by atoms with E-state index in [4.69, 9.17) is 0 Å². The highest BCUT2D eigenvalue weighted by Crippen LogP contribution is 2.24. The summed E-state index contributed by atoms with van der Waals surface area (Å²) in [6.07, 6.45) is 2.67. The largest absolute Gasteiger partial charge is 0.337 e. The van der Waals surface area contributed by atoms with Gasteiger partial charge in [-0.1, -0.05) is 0 Å². The third-order valence-electron chi connectivity index (χ3n) is 3.41. The normalized spacial score (nSPS) is 31.0. The first-order valence-electron chi connectivity index (χ1n) is 4.95. The summed E-state index contributed by atoms with van der Waals surface area (Å²) in [5.74, 6) is 0. The number of hydrogen-bond donors (Lipinski definition) is 1. The lowest BCUT2D eigenvalue weighted by molar-refractivity contribution is -0.888. The molecule has 1 aliphatic heterocycles. The van der Waals surface area contributed by atoms with Crippen LogP contribution in [0.4, 0.5) is 0 Å². The second-order valence-electron chi connectivity index (χ2n) is 5.00. The van der Waals surface area contributed by atoms with E-state index in [1.54, 1.807) is 4.90 Å². The Morgan fingerprint density at radius 1 is 1.33 bits per heavy atom. The highest BCUT2D eigenvalue weighted by atomic mass is 15.2. The molecule has 72 valence electrons. The number of piperidine rings is 1. The smallest absolute Gasteiger partial charge is 0.0900 e. The van der Waals surface area contributed by atoms with Crippen LogP contribution >= 0.6 is 0 Å². The lowest BCUT2D eigenvalue weighted by Gasteiger charge is -2.43. The van der Waals surface area contributed by atoms with Gasteiger partial charge in [0.25, 0.3) is 0 Å². The highest BCUT2D eigenvalue weighted by molar-refractivity contribution is 4.87. The van der Waals surface area contributed by atoms with Gasteiger partial charge in [0, 0.05) is 24.9 Å². The van der Waals surface area contributed by atoms with Crippen molar-refractivity contribution in [3.05, 3.63) is 0 Å². The second-order valence-corrected chi connectivity index (χ2v) is 5.00. The van der Waals surface area contributed by atoms with E-state index in [9.17, 15) is 0 Å². The summed E-state index contributed by atoms with van der Waals surface area (Å²) in [4.78, 5) is 4.09. The highest BCUT2D eigenvalue weighted by Gasteiger charge is 2.34. The number of hydrogen-bond acceptors (Lipinski definition) is 1. The van der Waals surface area contributed by atoms with Crippen LogP contribution in [-0.4, -0.2) is 44.2 Å². The van der Waals surface area contributed by atoms with E-state index in [-0.39, 0.29) is 0 Å². The molecule has 2 heteroatoms. The van der Waals surface area contributed by atoms with Crippen LogP contribution in [0, 0.1) is 0 Å². The first-order chi connectivity index (χ1) is 5.43. The molecule has 0 aromatic rings. The van der Waals surface area contributed by atoms with Crippen molar-refractivity contribution in [1.82, 2.24) is 4.90 Å². The van der Waals surface area contributed by atoms with Gasteiger partial charge in [-0.25, -0.2) is 0 Å². The predicted molar refractivity (Wildman–Crippen MR) is 52.5 cm³/mol. The molecule has 1 unspecified atom stereocenters. The summed E-state index contributed by atoms with van der Waals surface area (Å²) >= 11 is 0. The van der Waals surface area contributed by atoms with Gasteiger partial charge in [-0.05, 0) is 20.9 Å². The molecule has 12 heavy (non-hydrogen) atoms. The molecule has 0 amide bonds. The number of rotatable bonds is 1. The fraction of sp³-hybridized carbons (Fsp3) is 1.00. The topological polar surface area (TPSA) is 7.68 Å². The van der Waals surface area contributed by atoms with E-state index >= 15 is 0 Å². The Hall–Kier alpha value is -0.0800. The van der Waals surface area contributed by atoms with Crippen LogP contribution in [0.3, 0.4) is 0 Å². The van der Waals surface area contributed by atoms with Gasteiger partial charge in [0.15, 0.2) is 0 Å². The van der Waals surface area contributed by atoms with Gasteiger partial charge in [-0.3, -0.25) is 0 Å². The van der Waals surface area contributed by atoms with Crippen molar-refractivity contribution < 1.29 is 4.90 Å². The maximum Gasteiger partial charge on any atom is 0.0900 e. The van der Waals surface area contributed by atoms with E-state index in [0.717, 1.165) is 6.04 Å². The van der Waals surface area contributed by atoms with E-state index in [1.807, 2.05) is 0 Å². The fourth-order valence-electron chi connectivity index (χ4n) is 2.01. The third kappa shape index (κ3) is 1.99. The average Bonchev–Trinajstić information content (AvgIpc) is 1.94. The molecule has 1 aliphatic rings. The monoisotopic (exact) mass is 171 g/mol. The van der Waals surface area contributed by atoms with Crippen LogP contribution in [0.2, 0.25) is 0 Å². The van der Waals surface area contributed by atoms with Crippen molar-refractivity contribution >= 4 is 0 Å². The summed E-state index contributed by atoms with van der Waals surface area (Å²) < 4.78 is 0. The van der Waals surface area contributed by atoms with Gasteiger partial charge in [0.05, 0.1) is 20.1 Å². The minimum atomic E-state index is 0.403. The maximum atomic E-state index is 2.48. The van der Waals surface area contributed by atoms with Gasteiger partial charge < -0.3 is 9.80 Å². The molecular formula is C10H23N2+. The lowest BCUT2D eigenvalue weighted by atomic mass is 9.87. The molecule has 0 aromatic carbocycles. The second kappa shape index (κ2) is 3.35. The molecule has 0 bridgehead atoms. The zero-order valence-corrected chi connectivity index (χ0v) is 9.15. The molecule has 0 aromatic heterocycles. The summed E-state index contributed by atoms with van der Waals surface area (Å²) in [6.45, 7) is 5.95. The van der Waals surface area contributed by atoms with E-state index in [1.165, 1.54) is 19.4 Å². The Balaban J connectivity index is 2.57. The van der Waals surface area contributed by atoms with Crippen LogP contribution in [0.25, 0.3) is 0 Å². The molecule has 1 fully saturated rings. The molecule has 0 spiro atoms. The van der Waals surface area contributed by atoms with Crippen LogP contribution in [0.1, 0.15) is 26.7 Å². The maximum absolute atomic E-state index is 2.48. The molecule has 0 radical (unpaired) electrons. The van der Waals surface area contributed by atoms with E-state index < -0.39 is 0 Å². The summed E-state index contributed by atoms with van der Waals surface area (Å²) in [6, 6.07) is 0.858. The number of nitrogens with one attached hydrogen (secondary N) is 1. The van der Waals surface area contributed by atoms with Crippen molar-refractivity contribution in [3.63, 3.8) is 0 Å². The molecule has 2 nitrogen and oxygen atoms in total. The average molecular weight is 171 g/mol. The summed E-state index contributed by atoms with van der Waals surface area (Å²) in [5.41, 5.74) is 0.403. The van der Waals surface area contributed by atoms with Gasteiger partial charge in [0.2, 0.25) is 0 Å². The van der Waals surface area contributed by atoms with Crippen LogP contribution < -0.4 is 4.90 Å². The minimum absolute atomic E-state index is 0.403. The molecule has 1 rings (SSSR count). The number of likely N-dealkylation sites (tertiary alicyclic amines) is 1. The van der Waals surface area contributed by atoms with Crippen molar-refractivity contribution in [3.8, 4) is 0 Å². The SMILES string of the molecule is CN1CCC([NH+](C)C)CC1(C)C. The van der Waals surface area contributed by atoms with Crippen LogP contribution in [0.5, 0.6) is 0 Å². The van der Waals surface area contributed by atoms with Crippen molar-refractivity contribution in [1.29, 1.82) is 0 Å². The van der Waals surface area contributed by atoms with Gasteiger partial charge in [-0.2, -0.15) is 0 Å². The Labute approximate surface area is 76.5 Å². The molecule has 0 saturated carbocycles. The Morgan fingerprint density at radius 2 is 1.92 bits per heavy atom. The van der Waals surface area contributed by atoms with E-state index in [0.29, 0.717) is 5.54 Å². The predicted octanol–water partition coefficient (Wildman–Crippen LogP) is 0.00370. The van der Waals surface area contributed by atoms with E-state index in [2.05, 4.69) is 39.9 Å². The van der Waals surface area contributed by atoms with Crippen LogP contribution in [0.15, 0.2) is 0 Å². The van der Waals surface area contributed by atoms with Crippen molar-refractivity contribution in [2.75, 3.05) is 27.7 Å². The third-order valence-corrected chi connectivity index (χ3v) is 3.41. The van der Waals surface area contributed by atoms with Crippen LogP contribution in [-0.2, 0) is 0 Å². The first kappa shape index (κ1) is 10.0. The van der Waals surface area contributed by atoms with Gasteiger partial charge in [0.1, 0.15) is 0 Å². The van der Waals surface area contributed by atoms with Gasteiger partial charge in [-0.15, -0.1) is 0 Å². The molecule has 1 saturated heterocycles. The molecule has 1 N–H and O–H groups in total. The lowest BCUT2D eigenvalue weighted by Crippen LogP contribution is -3.10. The summed E-state index contributed by atoms with van der Waals surface area (Å²) in [5, 5.41) is 0. The Kier molecular flexibility index (Phi) is 2.79. The van der Waals surface area contributed by atoms with Crippen molar-refractivity contribution in [2.24, 2.45) is 0 Å².